The van der Waals surface area contributed by atoms with E-state index in [0.29, 0.717) is 23.8 Å². The molecule has 1 aromatic carbocycles. The van der Waals surface area contributed by atoms with Gasteiger partial charge in [-0.1, -0.05) is 19.9 Å². The topological polar surface area (TPSA) is 68.3 Å². The van der Waals surface area contributed by atoms with Crippen LogP contribution in [0.4, 0.5) is 0 Å². The summed E-state index contributed by atoms with van der Waals surface area (Å²) in [5, 5.41) is 7.52. The molecule has 1 rings (SSSR count). The molecule has 0 atom stereocenters. The molecule has 0 aromatic heterocycles. The number of nitrogen functional groups attached to an aromatic ring is 1. The van der Waals surface area contributed by atoms with Crippen LogP contribution in [0.15, 0.2) is 18.2 Å². The van der Waals surface area contributed by atoms with Crippen molar-refractivity contribution in [1.82, 2.24) is 0 Å². The van der Waals surface area contributed by atoms with Crippen LogP contribution in [-0.4, -0.2) is 19.6 Å². The average molecular weight is 264 g/mol. The molecule has 0 aliphatic heterocycles. The first-order valence-corrected chi connectivity index (χ1v) is 6.63. The lowest BCUT2D eigenvalue weighted by molar-refractivity contribution is 0.115. The molecule has 0 saturated carbocycles. The Labute approximate surface area is 115 Å². The van der Waals surface area contributed by atoms with E-state index in [1.54, 1.807) is 7.11 Å². The number of rotatable bonds is 8. The van der Waals surface area contributed by atoms with Gasteiger partial charge in [-0.15, -0.1) is 0 Å². The first-order valence-electron chi connectivity index (χ1n) is 6.63. The SMILES string of the molecule is COc1ccc(COCCCC(C)C)cc1C(=N)N. The van der Waals surface area contributed by atoms with Crippen LogP contribution in [-0.2, 0) is 11.3 Å². The molecule has 19 heavy (non-hydrogen) atoms. The van der Waals surface area contributed by atoms with E-state index < -0.39 is 0 Å². The van der Waals surface area contributed by atoms with Crippen LogP contribution in [0.2, 0.25) is 0 Å². The van der Waals surface area contributed by atoms with Crippen LogP contribution in [0.25, 0.3) is 0 Å². The van der Waals surface area contributed by atoms with Crippen LogP contribution < -0.4 is 10.5 Å². The van der Waals surface area contributed by atoms with Crippen LogP contribution in [0.5, 0.6) is 5.75 Å². The Morgan fingerprint density at radius 3 is 2.68 bits per heavy atom. The molecule has 1 aromatic rings. The Kier molecular flexibility index (Phi) is 6.36. The fourth-order valence-corrected chi connectivity index (χ4v) is 1.84. The zero-order valence-corrected chi connectivity index (χ0v) is 12.0. The molecule has 106 valence electrons. The van der Waals surface area contributed by atoms with Crippen LogP contribution >= 0.6 is 0 Å². The van der Waals surface area contributed by atoms with Gasteiger partial charge in [0.25, 0.3) is 0 Å². The second-order valence-electron chi connectivity index (χ2n) is 5.04. The van der Waals surface area contributed by atoms with Crippen LogP contribution in [0.1, 0.15) is 37.8 Å². The van der Waals surface area contributed by atoms with Gasteiger partial charge < -0.3 is 15.2 Å². The summed E-state index contributed by atoms with van der Waals surface area (Å²) in [5.74, 6) is 1.35. The summed E-state index contributed by atoms with van der Waals surface area (Å²) >= 11 is 0. The van der Waals surface area contributed by atoms with E-state index >= 15 is 0 Å². The van der Waals surface area contributed by atoms with E-state index in [4.69, 9.17) is 20.6 Å². The summed E-state index contributed by atoms with van der Waals surface area (Å²) in [6.07, 6.45) is 2.26. The molecule has 0 heterocycles. The molecular formula is C15H24N2O2. The number of nitrogens with one attached hydrogen (secondary N) is 1. The van der Waals surface area contributed by atoms with E-state index in [1.165, 1.54) is 6.42 Å². The molecule has 0 radical (unpaired) electrons. The van der Waals surface area contributed by atoms with Gasteiger partial charge in [-0.2, -0.15) is 0 Å². The molecule has 0 spiro atoms. The summed E-state index contributed by atoms with van der Waals surface area (Å²) in [5.41, 5.74) is 7.16. The van der Waals surface area contributed by atoms with Crippen molar-refractivity contribution in [2.45, 2.75) is 33.3 Å². The number of hydrogen-bond donors (Lipinski definition) is 2. The fourth-order valence-electron chi connectivity index (χ4n) is 1.84. The molecule has 4 heteroatoms. The molecule has 0 unspecified atom stereocenters. The lowest BCUT2D eigenvalue weighted by Crippen LogP contribution is -2.13. The summed E-state index contributed by atoms with van der Waals surface area (Å²) < 4.78 is 10.8. The van der Waals surface area contributed by atoms with Crippen molar-refractivity contribution in [3.05, 3.63) is 29.3 Å². The first kappa shape index (κ1) is 15.5. The third-order valence-electron chi connectivity index (χ3n) is 2.89. The van der Waals surface area contributed by atoms with Gasteiger partial charge in [-0.05, 0) is 36.5 Å². The van der Waals surface area contributed by atoms with Gasteiger partial charge in [0.1, 0.15) is 11.6 Å². The summed E-state index contributed by atoms with van der Waals surface area (Å²) in [6.45, 7) is 5.73. The van der Waals surface area contributed by atoms with Crippen molar-refractivity contribution in [2.24, 2.45) is 11.7 Å². The normalized spacial score (nSPS) is 10.7. The smallest absolute Gasteiger partial charge is 0.129 e. The van der Waals surface area contributed by atoms with Crippen LogP contribution in [0, 0.1) is 11.3 Å². The maximum absolute atomic E-state index is 7.52. The van der Waals surface area contributed by atoms with E-state index in [2.05, 4.69) is 13.8 Å². The maximum atomic E-state index is 7.52. The zero-order valence-electron chi connectivity index (χ0n) is 12.0. The molecular weight excluding hydrogens is 240 g/mol. The quantitative estimate of drug-likeness (QED) is 0.431. The summed E-state index contributed by atoms with van der Waals surface area (Å²) in [6, 6.07) is 5.61. The number of benzene rings is 1. The predicted molar refractivity (Wildman–Crippen MR) is 77.7 cm³/mol. The Balaban J connectivity index is 2.50. The number of amidine groups is 1. The number of hydrogen-bond acceptors (Lipinski definition) is 3. The highest BCUT2D eigenvalue weighted by atomic mass is 16.5. The van der Waals surface area contributed by atoms with Crippen molar-refractivity contribution in [3.8, 4) is 5.75 Å². The van der Waals surface area contributed by atoms with E-state index in [1.807, 2.05) is 18.2 Å². The molecule has 0 bridgehead atoms. The minimum absolute atomic E-state index is 0.0125. The number of ether oxygens (including phenoxy) is 2. The third kappa shape index (κ3) is 5.30. The van der Waals surface area contributed by atoms with Crippen molar-refractivity contribution in [2.75, 3.05) is 13.7 Å². The monoisotopic (exact) mass is 264 g/mol. The Morgan fingerprint density at radius 1 is 1.37 bits per heavy atom. The largest absolute Gasteiger partial charge is 0.496 e. The first-order chi connectivity index (χ1) is 9.04. The Hall–Kier alpha value is -1.55. The molecule has 0 fully saturated rings. The van der Waals surface area contributed by atoms with Crippen molar-refractivity contribution in [1.29, 1.82) is 5.41 Å². The summed E-state index contributed by atoms with van der Waals surface area (Å²) in [7, 11) is 1.57. The van der Waals surface area contributed by atoms with E-state index in [-0.39, 0.29) is 5.84 Å². The predicted octanol–water partition coefficient (Wildman–Crippen LogP) is 2.93. The molecule has 4 nitrogen and oxygen atoms in total. The minimum atomic E-state index is 0.0125. The van der Waals surface area contributed by atoms with Crippen molar-refractivity contribution < 1.29 is 9.47 Å². The van der Waals surface area contributed by atoms with Crippen molar-refractivity contribution >= 4 is 5.84 Å². The second kappa shape index (κ2) is 7.79. The van der Waals surface area contributed by atoms with Gasteiger partial charge >= 0.3 is 0 Å². The van der Waals surface area contributed by atoms with Gasteiger partial charge in [0.05, 0.1) is 19.3 Å². The van der Waals surface area contributed by atoms with Gasteiger partial charge in [0.15, 0.2) is 0 Å². The summed E-state index contributed by atoms with van der Waals surface area (Å²) in [4.78, 5) is 0. The number of methoxy groups -OCH3 is 1. The van der Waals surface area contributed by atoms with Crippen LogP contribution in [0.3, 0.4) is 0 Å². The molecule has 0 amide bonds. The lowest BCUT2D eigenvalue weighted by Gasteiger charge is -2.10. The van der Waals surface area contributed by atoms with Gasteiger partial charge in [-0.25, -0.2) is 0 Å². The standard InChI is InChI=1S/C15H24N2O2/c1-11(2)5-4-8-19-10-12-6-7-14(18-3)13(9-12)15(16)17/h6-7,9,11H,4-5,8,10H2,1-3H3,(H3,16,17). The highest BCUT2D eigenvalue weighted by Crippen LogP contribution is 2.19. The average Bonchev–Trinajstić information content (AvgIpc) is 2.37. The molecule has 0 aliphatic rings. The Bertz CT molecular complexity index is 417. The zero-order chi connectivity index (χ0) is 14.3. The molecule has 0 saturated heterocycles. The lowest BCUT2D eigenvalue weighted by atomic mass is 10.1. The fraction of sp³-hybridized carbons (Fsp3) is 0.533. The Morgan fingerprint density at radius 2 is 2.11 bits per heavy atom. The number of nitrogens with two attached hydrogens (primary N) is 1. The second-order valence-corrected chi connectivity index (χ2v) is 5.04. The van der Waals surface area contributed by atoms with E-state index in [0.717, 1.165) is 18.6 Å². The van der Waals surface area contributed by atoms with Gasteiger partial charge in [0, 0.05) is 6.61 Å². The van der Waals surface area contributed by atoms with Gasteiger partial charge in [-0.3, -0.25) is 5.41 Å². The highest BCUT2D eigenvalue weighted by molar-refractivity contribution is 5.97. The van der Waals surface area contributed by atoms with Gasteiger partial charge in [0.2, 0.25) is 0 Å². The van der Waals surface area contributed by atoms with E-state index in [9.17, 15) is 0 Å². The molecule has 0 aliphatic carbocycles. The molecule has 3 N–H and O–H groups in total. The maximum Gasteiger partial charge on any atom is 0.129 e. The van der Waals surface area contributed by atoms with Crippen molar-refractivity contribution in [3.63, 3.8) is 0 Å². The minimum Gasteiger partial charge on any atom is -0.496 e. The highest BCUT2D eigenvalue weighted by Gasteiger charge is 2.07. The third-order valence-corrected chi connectivity index (χ3v) is 2.89.